The van der Waals surface area contributed by atoms with Gasteiger partial charge in [-0.1, -0.05) is 17.7 Å². The van der Waals surface area contributed by atoms with Gasteiger partial charge in [0.15, 0.2) is 0 Å². The van der Waals surface area contributed by atoms with Crippen molar-refractivity contribution in [1.82, 2.24) is 0 Å². The number of amides is 2. The van der Waals surface area contributed by atoms with Crippen LogP contribution in [0.4, 0.5) is 11.4 Å². The van der Waals surface area contributed by atoms with E-state index in [2.05, 4.69) is 21.2 Å². The van der Waals surface area contributed by atoms with Gasteiger partial charge in [-0.15, -0.1) is 0 Å². The van der Waals surface area contributed by atoms with Crippen molar-refractivity contribution in [2.75, 3.05) is 23.3 Å². The van der Waals surface area contributed by atoms with Crippen LogP contribution in [-0.4, -0.2) is 33.9 Å². The Morgan fingerprint density at radius 3 is 2.21 bits per heavy atom. The van der Waals surface area contributed by atoms with E-state index in [1.165, 1.54) is 49.6 Å². The molecule has 0 unspecified atom stereocenters. The number of sulfonamides is 1. The average molecular weight is 532 g/mol. The monoisotopic (exact) mass is 531 g/mol. The van der Waals surface area contributed by atoms with E-state index in [0.29, 0.717) is 27.2 Å². The number of benzene rings is 3. The van der Waals surface area contributed by atoms with E-state index < -0.39 is 28.4 Å². The summed E-state index contributed by atoms with van der Waals surface area (Å²) in [5, 5.41) is 2.65. The van der Waals surface area contributed by atoms with Crippen LogP contribution in [0.15, 0.2) is 76.1 Å². The van der Waals surface area contributed by atoms with Gasteiger partial charge in [-0.05, 0) is 77.5 Å². The van der Waals surface area contributed by atoms with Crippen molar-refractivity contribution in [3.05, 3.63) is 82.3 Å². The Hall–Kier alpha value is -3.37. The highest BCUT2D eigenvalue weighted by molar-refractivity contribution is 9.10. The number of anilines is 2. The third kappa shape index (κ3) is 5.71. The smallest absolute Gasteiger partial charge is 0.264 e. The number of nitrogens with zero attached hydrogens (tertiary/aromatic N) is 1. The number of halogens is 1. The van der Waals surface area contributed by atoms with Crippen molar-refractivity contribution in [2.45, 2.75) is 11.8 Å². The SMILES string of the molecule is COc1ccc(S(=O)(=O)N(CC(=O)Nc2ccc(C(N)=O)cc2)c2ccc(C)cc2)cc1Br. The zero-order valence-electron chi connectivity index (χ0n) is 17.9. The van der Waals surface area contributed by atoms with E-state index in [0.717, 1.165) is 9.87 Å². The van der Waals surface area contributed by atoms with Gasteiger partial charge in [0, 0.05) is 11.3 Å². The Labute approximate surface area is 200 Å². The molecule has 3 N–H and O–H groups in total. The van der Waals surface area contributed by atoms with Crippen molar-refractivity contribution in [3.63, 3.8) is 0 Å². The normalized spacial score (nSPS) is 11.0. The first-order valence-electron chi connectivity index (χ1n) is 9.74. The number of hydrogen-bond donors (Lipinski definition) is 2. The Morgan fingerprint density at radius 1 is 1.03 bits per heavy atom. The van der Waals surface area contributed by atoms with Crippen molar-refractivity contribution in [2.24, 2.45) is 5.73 Å². The average Bonchev–Trinajstić information content (AvgIpc) is 2.78. The van der Waals surface area contributed by atoms with Crippen molar-refractivity contribution >= 4 is 49.1 Å². The molecule has 3 aromatic rings. The number of hydrogen-bond acceptors (Lipinski definition) is 5. The van der Waals surface area contributed by atoms with Crippen LogP contribution in [0.2, 0.25) is 0 Å². The van der Waals surface area contributed by atoms with E-state index in [9.17, 15) is 18.0 Å². The fraction of sp³-hybridized carbons (Fsp3) is 0.130. The van der Waals surface area contributed by atoms with Crippen LogP contribution in [0.25, 0.3) is 0 Å². The number of carbonyl (C=O) groups excluding carboxylic acids is 2. The number of nitrogens with two attached hydrogens (primary N) is 1. The molecular formula is C23H22BrN3O5S. The molecule has 0 atom stereocenters. The number of primary amides is 1. The predicted octanol–water partition coefficient (Wildman–Crippen LogP) is 3.70. The number of aryl methyl sites for hydroxylation is 1. The zero-order chi connectivity index (χ0) is 24.2. The van der Waals surface area contributed by atoms with Crippen LogP contribution in [0.3, 0.4) is 0 Å². The Kier molecular flexibility index (Phi) is 7.39. The lowest BCUT2D eigenvalue weighted by molar-refractivity contribution is -0.114. The maximum atomic E-state index is 13.5. The third-order valence-electron chi connectivity index (χ3n) is 4.77. The fourth-order valence-electron chi connectivity index (χ4n) is 3.01. The lowest BCUT2D eigenvalue weighted by Crippen LogP contribution is -2.38. The van der Waals surface area contributed by atoms with Gasteiger partial charge in [-0.2, -0.15) is 0 Å². The van der Waals surface area contributed by atoms with Crippen LogP contribution in [0.5, 0.6) is 5.75 Å². The summed E-state index contributed by atoms with van der Waals surface area (Å²) in [6.45, 7) is 1.41. The summed E-state index contributed by atoms with van der Waals surface area (Å²) in [6.07, 6.45) is 0. The van der Waals surface area contributed by atoms with Crippen molar-refractivity contribution in [3.8, 4) is 5.75 Å². The van der Waals surface area contributed by atoms with Gasteiger partial charge in [0.05, 0.1) is 22.2 Å². The number of nitrogens with one attached hydrogen (secondary N) is 1. The summed E-state index contributed by atoms with van der Waals surface area (Å²) in [7, 11) is -2.61. The van der Waals surface area contributed by atoms with Gasteiger partial charge < -0.3 is 15.8 Å². The molecule has 0 fully saturated rings. The Bertz CT molecular complexity index is 1280. The minimum atomic E-state index is -4.09. The molecule has 172 valence electrons. The summed E-state index contributed by atoms with van der Waals surface area (Å²) in [6, 6.07) is 17.2. The lowest BCUT2D eigenvalue weighted by atomic mass is 10.2. The van der Waals surface area contributed by atoms with E-state index in [-0.39, 0.29) is 4.90 Å². The molecule has 33 heavy (non-hydrogen) atoms. The summed E-state index contributed by atoms with van der Waals surface area (Å²) in [5.41, 5.74) is 7.21. The lowest BCUT2D eigenvalue weighted by Gasteiger charge is -2.24. The minimum Gasteiger partial charge on any atom is -0.496 e. The number of methoxy groups -OCH3 is 1. The van der Waals surface area contributed by atoms with Crippen LogP contribution >= 0.6 is 15.9 Å². The van der Waals surface area contributed by atoms with Crippen LogP contribution in [0.1, 0.15) is 15.9 Å². The number of ether oxygens (including phenoxy) is 1. The van der Waals surface area contributed by atoms with Crippen molar-refractivity contribution in [1.29, 1.82) is 0 Å². The Morgan fingerprint density at radius 2 is 1.67 bits per heavy atom. The second-order valence-corrected chi connectivity index (χ2v) is 9.85. The first-order chi connectivity index (χ1) is 15.6. The van der Waals surface area contributed by atoms with Crippen LogP contribution < -0.4 is 20.1 Å². The minimum absolute atomic E-state index is 0.00522. The summed E-state index contributed by atoms with van der Waals surface area (Å²) < 4.78 is 33.7. The Balaban J connectivity index is 1.92. The molecule has 0 aliphatic heterocycles. The highest BCUT2D eigenvalue weighted by Gasteiger charge is 2.28. The maximum absolute atomic E-state index is 13.5. The van der Waals surface area contributed by atoms with Gasteiger partial charge >= 0.3 is 0 Å². The van der Waals surface area contributed by atoms with E-state index >= 15 is 0 Å². The molecule has 10 heteroatoms. The van der Waals surface area contributed by atoms with E-state index in [4.69, 9.17) is 10.5 Å². The van der Waals surface area contributed by atoms with Gasteiger partial charge in [0.2, 0.25) is 11.8 Å². The molecule has 2 amide bonds. The molecule has 0 aliphatic carbocycles. The van der Waals surface area contributed by atoms with Crippen LogP contribution in [0, 0.1) is 6.92 Å². The van der Waals surface area contributed by atoms with Gasteiger partial charge in [-0.25, -0.2) is 8.42 Å². The molecule has 8 nitrogen and oxygen atoms in total. The summed E-state index contributed by atoms with van der Waals surface area (Å²) in [5.74, 6) is -0.665. The van der Waals surface area contributed by atoms with E-state index in [1.54, 1.807) is 24.3 Å². The zero-order valence-corrected chi connectivity index (χ0v) is 20.3. The number of rotatable bonds is 8. The predicted molar refractivity (Wildman–Crippen MR) is 130 cm³/mol. The molecule has 0 saturated carbocycles. The molecule has 0 aromatic heterocycles. The first-order valence-corrected chi connectivity index (χ1v) is 12.0. The first kappa shape index (κ1) is 24.3. The molecule has 0 spiro atoms. The molecule has 0 aliphatic rings. The highest BCUT2D eigenvalue weighted by Crippen LogP contribution is 2.30. The molecule has 0 radical (unpaired) electrons. The van der Waals surface area contributed by atoms with Gasteiger partial charge in [0.1, 0.15) is 12.3 Å². The second-order valence-electron chi connectivity index (χ2n) is 7.13. The molecule has 3 aromatic carbocycles. The molecule has 0 bridgehead atoms. The van der Waals surface area contributed by atoms with Crippen LogP contribution in [-0.2, 0) is 14.8 Å². The molecule has 3 rings (SSSR count). The second kappa shape index (κ2) is 10.1. The van der Waals surface area contributed by atoms with E-state index in [1.807, 2.05) is 6.92 Å². The maximum Gasteiger partial charge on any atom is 0.264 e. The molecule has 0 saturated heterocycles. The fourth-order valence-corrected chi connectivity index (χ4v) is 5.15. The molecular weight excluding hydrogens is 510 g/mol. The summed E-state index contributed by atoms with van der Waals surface area (Å²) >= 11 is 3.31. The standard InChI is InChI=1S/C23H22BrN3O5S/c1-15-3-9-18(10-4-15)27(33(30,31)19-11-12-21(32-2)20(24)13-19)14-22(28)26-17-7-5-16(6-8-17)23(25)29/h3-13H,14H2,1-2H3,(H2,25,29)(H,26,28). The molecule has 0 heterocycles. The topological polar surface area (TPSA) is 119 Å². The third-order valence-corrected chi connectivity index (χ3v) is 7.16. The van der Waals surface area contributed by atoms with Gasteiger partial charge in [-0.3, -0.25) is 13.9 Å². The van der Waals surface area contributed by atoms with Crippen molar-refractivity contribution < 1.29 is 22.7 Å². The summed E-state index contributed by atoms with van der Waals surface area (Å²) in [4.78, 5) is 24.0. The quantitative estimate of drug-likeness (QED) is 0.459. The number of carbonyl (C=O) groups is 2. The largest absolute Gasteiger partial charge is 0.496 e. The van der Waals surface area contributed by atoms with Gasteiger partial charge in [0.25, 0.3) is 10.0 Å². The highest BCUT2D eigenvalue weighted by atomic mass is 79.9.